The van der Waals surface area contributed by atoms with Gasteiger partial charge in [0.15, 0.2) is 5.78 Å². The quantitative estimate of drug-likeness (QED) is 0.0789. The number of allylic oxidation sites excluding steroid dienone is 4. The number of carbonyl (C=O) groups is 2. The second kappa shape index (κ2) is 18.2. The molecule has 4 aromatic heterocycles. The topological polar surface area (TPSA) is 140 Å². The van der Waals surface area contributed by atoms with Crippen LogP contribution in [-0.2, 0) is 44.7 Å². The summed E-state index contributed by atoms with van der Waals surface area (Å²) in [4.78, 5) is 50.8. The molecular weight excluding hydrogens is 737 g/mol. The standard InChI is InChI=1S/C49H62N6O4/c1-13-32-23-50-44(26(32)5)46-30(9)35(15-3)41(54-46)21-39-28(7)37(18-17-34(56)25-58-11)48(52-39)49-38(19-20-43(57)59-12)29(8)40(53-49)22-42-36(16-4)31(10)47(55-42)45-27(6)33(14-2)24-51-45/h21-24,50-51,54-55H,13-20,25H2,1-12H3/b39-21-,40-22-. The predicted molar refractivity (Wildman–Crippen MR) is 241 cm³/mol. The molecule has 0 amide bonds. The van der Waals surface area contributed by atoms with E-state index in [-0.39, 0.29) is 24.8 Å². The summed E-state index contributed by atoms with van der Waals surface area (Å²) in [7, 11) is 2.97. The Balaban J connectivity index is 1.50. The van der Waals surface area contributed by atoms with E-state index in [1.54, 1.807) is 7.11 Å². The van der Waals surface area contributed by atoms with Gasteiger partial charge in [0.1, 0.15) is 6.61 Å². The van der Waals surface area contributed by atoms with E-state index in [0.717, 1.165) is 105 Å². The van der Waals surface area contributed by atoms with Crippen molar-refractivity contribution in [2.24, 2.45) is 9.98 Å². The summed E-state index contributed by atoms with van der Waals surface area (Å²) >= 11 is 0. The second-order valence-corrected chi connectivity index (χ2v) is 15.8. The highest BCUT2D eigenvalue weighted by Crippen LogP contribution is 2.40. The number of aromatic amines is 4. The van der Waals surface area contributed by atoms with Crippen molar-refractivity contribution in [2.45, 2.75) is 121 Å². The molecule has 2 aliphatic rings. The fraction of sp³-hybridized carbons (Fsp3) is 0.429. The lowest BCUT2D eigenvalue weighted by Gasteiger charge is -2.11. The van der Waals surface area contributed by atoms with Crippen LogP contribution in [0.4, 0.5) is 0 Å². The van der Waals surface area contributed by atoms with E-state index in [1.807, 2.05) is 0 Å². The minimum Gasteiger partial charge on any atom is -0.469 e. The maximum atomic E-state index is 12.9. The van der Waals surface area contributed by atoms with E-state index in [9.17, 15) is 9.59 Å². The van der Waals surface area contributed by atoms with E-state index >= 15 is 0 Å². The third-order valence-electron chi connectivity index (χ3n) is 12.6. The molecule has 4 aromatic rings. The Morgan fingerprint density at radius 1 is 0.610 bits per heavy atom. The fourth-order valence-corrected chi connectivity index (χ4v) is 8.89. The average Bonchev–Trinajstić information content (AvgIpc) is 4.06. The molecule has 59 heavy (non-hydrogen) atoms. The number of esters is 1. The van der Waals surface area contributed by atoms with Crippen LogP contribution in [0.5, 0.6) is 0 Å². The van der Waals surface area contributed by atoms with E-state index in [4.69, 9.17) is 19.5 Å². The van der Waals surface area contributed by atoms with Crippen molar-refractivity contribution in [2.75, 3.05) is 20.8 Å². The van der Waals surface area contributed by atoms with Gasteiger partial charge >= 0.3 is 5.97 Å². The molecule has 10 nitrogen and oxygen atoms in total. The van der Waals surface area contributed by atoms with E-state index in [0.29, 0.717) is 19.3 Å². The normalized spacial score (nSPS) is 15.7. The van der Waals surface area contributed by atoms with Gasteiger partial charge in [-0.15, -0.1) is 0 Å². The Labute approximate surface area is 349 Å². The Morgan fingerprint density at radius 2 is 1.05 bits per heavy atom. The van der Waals surface area contributed by atoms with Gasteiger partial charge in [-0.05, 0) is 159 Å². The number of ether oxygens (including phenoxy) is 2. The molecule has 0 saturated carbocycles. The number of nitrogens with one attached hydrogen (secondary N) is 4. The molecule has 4 N–H and O–H groups in total. The zero-order valence-corrected chi connectivity index (χ0v) is 37.2. The first kappa shape index (κ1) is 43.1. The van der Waals surface area contributed by atoms with Crippen LogP contribution in [-0.4, -0.2) is 63.9 Å². The van der Waals surface area contributed by atoms with Crippen LogP contribution in [0.15, 0.2) is 56.1 Å². The number of hydrogen-bond donors (Lipinski definition) is 4. The zero-order valence-electron chi connectivity index (χ0n) is 37.2. The van der Waals surface area contributed by atoms with Crippen LogP contribution in [0, 0.1) is 27.7 Å². The van der Waals surface area contributed by atoms with Crippen molar-refractivity contribution in [1.29, 1.82) is 0 Å². The van der Waals surface area contributed by atoms with Crippen molar-refractivity contribution in [3.8, 4) is 22.8 Å². The van der Waals surface area contributed by atoms with Gasteiger partial charge in [-0.3, -0.25) is 9.59 Å². The first-order chi connectivity index (χ1) is 28.3. The molecule has 312 valence electrons. The first-order valence-corrected chi connectivity index (χ1v) is 21.2. The molecule has 0 unspecified atom stereocenters. The molecule has 6 heterocycles. The lowest BCUT2D eigenvalue weighted by atomic mass is 9.91. The van der Waals surface area contributed by atoms with Crippen LogP contribution in [0.1, 0.15) is 123 Å². The summed E-state index contributed by atoms with van der Waals surface area (Å²) < 4.78 is 10.3. The maximum absolute atomic E-state index is 12.9. The average molecular weight is 799 g/mol. The molecule has 0 bridgehead atoms. The van der Waals surface area contributed by atoms with Gasteiger partial charge in [-0.1, -0.05) is 27.7 Å². The molecule has 0 aromatic carbocycles. The van der Waals surface area contributed by atoms with Gasteiger partial charge in [0.2, 0.25) is 0 Å². The van der Waals surface area contributed by atoms with Gasteiger partial charge in [-0.2, -0.15) is 0 Å². The summed E-state index contributed by atoms with van der Waals surface area (Å²) in [6.07, 6.45) is 13.6. The van der Waals surface area contributed by atoms with Crippen LogP contribution < -0.4 is 0 Å². The van der Waals surface area contributed by atoms with E-state index < -0.39 is 0 Å². The lowest BCUT2D eigenvalue weighted by molar-refractivity contribution is -0.140. The molecule has 0 aliphatic carbocycles. The molecule has 0 atom stereocenters. The van der Waals surface area contributed by atoms with Crippen LogP contribution in [0.25, 0.3) is 34.9 Å². The fourth-order valence-electron chi connectivity index (χ4n) is 8.89. The number of H-pyrrole nitrogens is 4. The number of nitrogens with zero attached hydrogens (tertiary/aromatic N) is 2. The number of aliphatic imine (C=N–C) groups is 2. The van der Waals surface area contributed by atoms with Crippen molar-refractivity contribution < 1.29 is 19.1 Å². The number of hydrogen-bond acceptors (Lipinski definition) is 6. The van der Waals surface area contributed by atoms with E-state index in [2.05, 4.69) is 114 Å². The minimum atomic E-state index is -0.285. The van der Waals surface area contributed by atoms with Crippen molar-refractivity contribution >= 4 is 35.3 Å². The Kier molecular flexibility index (Phi) is 13.3. The van der Waals surface area contributed by atoms with Gasteiger partial charge in [0.25, 0.3) is 0 Å². The number of methoxy groups -OCH3 is 2. The van der Waals surface area contributed by atoms with Gasteiger partial charge in [0.05, 0.1) is 52.7 Å². The summed E-state index contributed by atoms with van der Waals surface area (Å²) in [5.74, 6) is -0.262. The highest BCUT2D eigenvalue weighted by molar-refractivity contribution is 6.55. The minimum absolute atomic E-state index is 0.0233. The zero-order chi connectivity index (χ0) is 42.7. The first-order valence-electron chi connectivity index (χ1n) is 21.2. The summed E-state index contributed by atoms with van der Waals surface area (Å²) in [5, 5.41) is 0. The summed E-state index contributed by atoms with van der Waals surface area (Å²) in [6, 6.07) is 0. The largest absolute Gasteiger partial charge is 0.469 e. The summed E-state index contributed by atoms with van der Waals surface area (Å²) in [5.41, 5.74) is 23.5. The number of ketones is 1. The van der Waals surface area contributed by atoms with Crippen LogP contribution in [0.3, 0.4) is 0 Å². The third-order valence-corrected chi connectivity index (χ3v) is 12.6. The van der Waals surface area contributed by atoms with Crippen LogP contribution >= 0.6 is 0 Å². The highest BCUT2D eigenvalue weighted by Gasteiger charge is 2.33. The van der Waals surface area contributed by atoms with Crippen molar-refractivity contribution in [1.82, 2.24) is 19.9 Å². The number of aryl methyl sites for hydroxylation is 2. The van der Waals surface area contributed by atoms with Gasteiger partial charge < -0.3 is 29.4 Å². The SMILES string of the molecule is CCc1c[nH]c(-c2[nH]c(/C=C3\N=C(C4=N/C(=C\c5[nH]c(-c6[nH]cc(CC)c6C)c(C)c5CC)C(C)=C4CCC(=O)OC)C(CCC(=O)COC)=C3C)c(CC)c2C)c1C. The molecule has 0 saturated heterocycles. The Bertz CT molecular complexity index is 2480. The van der Waals surface area contributed by atoms with Crippen molar-refractivity contribution in [3.05, 3.63) is 102 Å². The second-order valence-electron chi connectivity index (χ2n) is 15.8. The van der Waals surface area contributed by atoms with Crippen molar-refractivity contribution in [3.63, 3.8) is 0 Å². The molecule has 0 radical (unpaired) electrons. The highest BCUT2D eigenvalue weighted by atomic mass is 16.5. The molecule has 6 rings (SSSR count). The number of Topliss-reactive ketones (excluding diaryl/α,β-unsaturated/α-hetero) is 1. The molecule has 0 fully saturated rings. The lowest BCUT2D eigenvalue weighted by Crippen LogP contribution is -2.18. The number of carbonyl (C=O) groups excluding carboxylic acids is 2. The molecule has 2 aliphatic heterocycles. The van der Waals surface area contributed by atoms with Gasteiger partial charge in [0, 0.05) is 43.7 Å². The van der Waals surface area contributed by atoms with E-state index in [1.165, 1.54) is 51.6 Å². The molecule has 0 spiro atoms. The smallest absolute Gasteiger partial charge is 0.305 e. The Morgan fingerprint density at radius 3 is 1.42 bits per heavy atom. The monoisotopic (exact) mass is 798 g/mol. The number of aromatic nitrogens is 4. The number of rotatable bonds is 17. The molecule has 10 heteroatoms. The van der Waals surface area contributed by atoms with Gasteiger partial charge in [-0.25, -0.2) is 9.98 Å². The van der Waals surface area contributed by atoms with Crippen LogP contribution in [0.2, 0.25) is 0 Å². The maximum Gasteiger partial charge on any atom is 0.305 e. The molecular formula is C49H62N6O4. The Hall–Kier alpha value is -5.48. The predicted octanol–water partition coefficient (Wildman–Crippen LogP) is 10.7. The third kappa shape index (κ3) is 8.24. The summed E-state index contributed by atoms with van der Waals surface area (Å²) in [6.45, 7) is 21.6.